The van der Waals surface area contributed by atoms with Crippen molar-refractivity contribution in [1.29, 1.82) is 0 Å². The van der Waals surface area contributed by atoms with E-state index in [2.05, 4.69) is 59.6 Å². The summed E-state index contributed by atoms with van der Waals surface area (Å²) in [6, 6.07) is 15.4. The average Bonchev–Trinajstić information content (AvgIpc) is 3.62. The van der Waals surface area contributed by atoms with Crippen LogP contribution in [0.5, 0.6) is 5.75 Å². The number of ether oxygens (including phenoxy) is 3. The Morgan fingerprint density at radius 3 is 2.19 bits per heavy atom. The molecule has 1 aliphatic heterocycles. The highest BCUT2D eigenvalue weighted by Crippen LogP contribution is 2.41. The summed E-state index contributed by atoms with van der Waals surface area (Å²) in [4.78, 5) is 50.4. The number of aromatic nitrogens is 5. The predicted octanol–water partition coefficient (Wildman–Crippen LogP) is 12.8. The molecule has 15 nitrogen and oxygen atoms in total. The smallest absolute Gasteiger partial charge is 0.434 e. The van der Waals surface area contributed by atoms with Gasteiger partial charge in [0.2, 0.25) is 23.1 Å². The molecule has 0 aliphatic carbocycles. The van der Waals surface area contributed by atoms with Crippen LogP contribution in [-0.4, -0.2) is 104 Å². The number of nitrogens with zero attached hydrogens (tertiary/aromatic N) is 7. The van der Waals surface area contributed by atoms with Crippen molar-refractivity contribution in [3.05, 3.63) is 97.6 Å². The van der Waals surface area contributed by atoms with Crippen LogP contribution < -0.4 is 25.2 Å². The summed E-state index contributed by atoms with van der Waals surface area (Å²) < 4.78 is 69.3. The first-order chi connectivity index (χ1) is 34.7. The third-order valence-corrected chi connectivity index (χ3v) is 12.0. The van der Waals surface area contributed by atoms with E-state index in [0.717, 1.165) is 54.6 Å². The molecule has 0 fully saturated rings. The number of anilines is 4. The molecule has 0 saturated carbocycles. The number of hydrogen-bond donors (Lipinski definition) is 2. The number of hydrogen-bond acceptors (Lipinski definition) is 12. The van der Waals surface area contributed by atoms with Gasteiger partial charge in [-0.1, -0.05) is 72.1 Å². The fourth-order valence-corrected chi connectivity index (χ4v) is 8.62. The number of benzene rings is 3. The van der Waals surface area contributed by atoms with Crippen molar-refractivity contribution in [1.82, 2.24) is 24.7 Å². The van der Waals surface area contributed by atoms with Gasteiger partial charge in [-0.2, -0.15) is 33.2 Å². The maximum absolute atomic E-state index is 14.3. The van der Waals surface area contributed by atoms with Gasteiger partial charge in [0.25, 0.3) is 5.91 Å². The van der Waals surface area contributed by atoms with Crippen LogP contribution in [0.1, 0.15) is 82.6 Å². The predicted molar refractivity (Wildman–Crippen MR) is 289 cm³/mol. The number of rotatable bonds is 14. The number of carbonyl (C=O) groups is 3. The van der Waals surface area contributed by atoms with Crippen molar-refractivity contribution < 1.29 is 46.2 Å². The maximum atomic E-state index is 14.3. The summed E-state index contributed by atoms with van der Waals surface area (Å²) >= 11 is 31.4. The zero-order chi connectivity index (χ0) is 55.8. The minimum atomic E-state index is -4.69. The van der Waals surface area contributed by atoms with Gasteiger partial charge in [-0.3, -0.25) is 14.3 Å². The fourth-order valence-electron chi connectivity index (χ4n) is 7.11. The fraction of sp³-hybridized carbons (Fsp3) is 0.449. The monoisotopic (exact) mass is 1200 g/mol. The van der Waals surface area contributed by atoms with Crippen LogP contribution in [0.15, 0.2) is 59.1 Å². The number of aryl methyl sites for hydroxylation is 3. The van der Waals surface area contributed by atoms with Gasteiger partial charge in [-0.15, -0.1) is 11.6 Å². The molecule has 0 bridgehead atoms. The largest absolute Gasteiger partial charge is 0.489 e. The highest BCUT2D eigenvalue weighted by molar-refractivity contribution is 9.10. The molecule has 2 N–H and O–H groups in total. The average molecular weight is 1200 g/mol. The number of halogens is 10. The zero-order valence-electron chi connectivity index (χ0n) is 42.5. The van der Waals surface area contributed by atoms with Crippen molar-refractivity contribution in [2.24, 2.45) is 7.05 Å². The molecule has 6 rings (SSSR count). The summed E-state index contributed by atoms with van der Waals surface area (Å²) in [5.41, 5.74) is 2.07. The molecule has 2 aromatic heterocycles. The standard InChI is InChI=1S/C15H12BrClF4N2O2.C15H22ClNO2.C11H11Cl2NO2.C8H14ClN5/c1-6(2)25-14(24)7-4-8(10(18)5-9(7)17)12-11(16)13(15(19,20)21)23(3)22-12;1-5-13-8-6-7-11(2)15(13)17(14(18)9-16)12(3)10-19-4;1-7-6-16-9-5-3-2-4-8(9)14(7)11(15)10(12)13;1-4-10-7-12-6(9)13-8(14-7)11-5(2)3/h4-6H,1-3H3;6-8,12H,5,9-10H2,1-4H3;2-5,7,10H,6H2,1H3;5H,4H2,1-3H3,(H2,10,11,12,13,14). The van der Waals surface area contributed by atoms with Crippen molar-refractivity contribution in [3.8, 4) is 17.0 Å². The van der Waals surface area contributed by atoms with Gasteiger partial charge in [0.05, 0.1) is 51.2 Å². The van der Waals surface area contributed by atoms with E-state index in [1.54, 1.807) is 30.8 Å². The summed E-state index contributed by atoms with van der Waals surface area (Å²) in [6.07, 6.45) is -4.26. The quantitative estimate of drug-likeness (QED) is 0.0615. The topological polar surface area (TPSA) is 166 Å². The summed E-state index contributed by atoms with van der Waals surface area (Å²) in [6.45, 7) is 18.9. The van der Waals surface area contributed by atoms with Crippen LogP contribution in [0.4, 0.5) is 40.8 Å². The van der Waals surface area contributed by atoms with Gasteiger partial charge in [-0.25, -0.2) is 9.18 Å². The van der Waals surface area contributed by atoms with Crippen molar-refractivity contribution in [2.45, 2.75) is 104 Å². The number of methoxy groups -OCH3 is 1. The Labute approximate surface area is 462 Å². The van der Waals surface area contributed by atoms with Gasteiger partial charge in [-0.05, 0) is 125 Å². The molecule has 25 heteroatoms. The molecule has 3 aromatic carbocycles. The molecular formula is C49H59BrCl5F4N9O6. The molecule has 74 heavy (non-hydrogen) atoms. The first-order valence-electron chi connectivity index (χ1n) is 22.9. The molecule has 2 amide bonds. The highest BCUT2D eigenvalue weighted by Gasteiger charge is 2.39. The Morgan fingerprint density at radius 2 is 1.64 bits per heavy atom. The minimum absolute atomic E-state index is 0.0223. The number of nitrogens with one attached hydrogen (secondary N) is 2. The van der Waals surface area contributed by atoms with Crippen molar-refractivity contribution >= 4 is 115 Å². The first kappa shape index (κ1) is 63.6. The van der Waals surface area contributed by atoms with Gasteiger partial charge in [0.15, 0.2) is 10.5 Å². The second kappa shape index (κ2) is 29.6. The minimum Gasteiger partial charge on any atom is -0.489 e. The molecule has 406 valence electrons. The molecule has 1 aliphatic rings. The number of fused-ring (bicyclic) bond motifs is 1. The Balaban J connectivity index is 0.000000266. The SMILES string of the molecule is CC(C)OC(=O)c1cc(-c2nn(C)c(C(F)(F)F)c2Br)c(F)cc1Cl.CC1COc2ccccc2N1C(=O)C(Cl)Cl.CCNc1nc(Cl)nc(NC(C)C)n1.CCc1cccc(C)c1N(C(=O)CCl)C(C)COC. The zero-order valence-corrected chi connectivity index (χ0v) is 47.8. The van der Waals surface area contributed by atoms with Gasteiger partial charge in [0, 0.05) is 32.3 Å². The van der Waals surface area contributed by atoms with E-state index in [0.29, 0.717) is 35.5 Å². The van der Waals surface area contributed by atoms with Gasteiger partial charge < -0.3 is 34.6 Å². The third-order valence-electron chi connectivity index (χ3n) is 10.1. The van der Waals surface area contributed by atoms with E-state index in [1.807, 2.05) is 77.9 Å². The molecule has 2 atom stereocenters. The molecule has 5 aromatic rings. The van der Waals surface area contributed by atoms with Crippen molar-refractivity contribution in [2.75, 3.05) is 53.2 Å². The van der Waals surface area contributed by atoms with Crippen LogP contribution in [0.3, 0.4) is 0 Å². The number of para-hydroxylation sites is 3. The molecule has 2 unspecified atom stereocenters. The molecule has 0 saturated heterocycles. The first-order valence-corrected chi connectivity index (χ1v) is 25.9. The van der Waals surface area contributed by atoms with Crippen LogP contribution >= 0.6 is 73.9 Å². The highest BCUT2D eigenvalue weighted by atomic mass is 79.9. The number of carbonyl (C=O) groups excluding carboxylic acids is 3. The Morgan fingerprint density at radius 1 is 0.986 bits per heavy atom. The summed E-state index contributed by atoms with van der Waals surface area (Å²) in [5.74, 6) is -0.481. The number of amides is 2. The lowest BCUT2D eigenvalue weighted by molar-refractivity contribution is -0.144. The van der Waals surface area contributed by atoms with E-state index in [1.165, 1.54) is 0 Å². The lowest BCUT2D eigenvalue weighted by atomic mass is 10.0. The number of alkyl halides is 6. The second-order valence-electron chi connectivity index (χ2n) is 16.8. The summed E-state index contributed by atoms with van der Waals surface area (Å²) in [5, 5.41) is 9.73. The molecule has 3 heterocycles. The van der Waals surface area contributed by atoms with E-state index in [-0.39, 0.29) is 62.9 Å². The van der Waals surface area contributed by atoms with E-state index in [9.17, 15) is 31.9 Å². The molecule has 0 radical (unpaired) electrons. The maximum Gasteiger partial charge on any atom is 0.434 e. The number of esters is 1. The third kappa shape index (κ3) is 17.7. The molecule has 0 spiro atoms. The lowest BCUT2D eigenvalue weighted by Crippen LogP contribution is -2.47. The lowest BCUT2D eigenvalue weighted by Gasteiger charge is -2.35. The van der Waals surface area contributed by atoms with E-state index < -0.39 is 39.1 Å². The van der Waals surface area contributed by atoms with Crippen LogP contribution in [0.25, 0.3) is 11.3 Å². The van der Waals surface area contributed by atoms with E-state index in [4.69, 9.17) is 72.2 Å². The van der Waals surface area contributed by atoms with Crippen molar-refractivity contribution in [3.63, 3.8) is 0 Å². The Bertz CT molecular complexity index is 2690. The van der Waals surface area contributed by atoms with Crippen LogP contribution in [0.2, 0.25) is 10.3 Å². The van der Waals surface area contributed by atoms with E-state index >= 15 is 0 Å². The van der Waals surface area contributed by atoms with Crippen LogP contribution in [-0.2, 0) is 38.7 Å². The molecular weight excluding hydrogens is 1140 g/mol. The second-order valence-corrected chi connectivity index (χ2v) is 19.7. The van der Waals surface area contributed by atoms with Gasteiger partial charge in [0.1, 0.15) is 29.7 Å². The van der Waals surface area contributed by atoms with Gasteiger partial charge >= 0.3 is 12.1 Å². The van der Waals surface area contributed by atoms with Crippen LogP contribution in [0, 0.1) is 12.7 Å². The Kier molecular flexibility index (Phi) is 25.4. The Hall–Kier alpha value is -4.70. The summed E-state index contributed by atoms with van der Waals surface area (Å²) in [7, 11) is 2.72. The normalized spacial score (nSPS) is 13.3.